The number of nitrogens with zero attached hydrogens (tertiary/aromatic N) is 1. The summed E-state index contributed by atoms with van der Waals surface area (Å²) in [6.07, 6.45) is 1.77. The van der Waals surface area contributed by atoms with Crippen molar-refractivity contribution in [1.82, 2.24) is 0 Å². The van der Waals surface area contributed by atoms with Crippen molar-refractivity contribution in [3.63, 3.8) is 0 Å². The van der Waals surface area contributed by atoms with E-state index in [1.54, 1.807) is 6.26 Å². The maximum absolute atomic E-state index is 6.14. The second-order valence-corrected chi connectivity index (χ2v) is 7.34. The van der Waals surface area contributed by atoms with Crippen LogP contribution in [0.3, 0.4) is 0 Å². The van der Waals surface area contributed by atoms with E-state index < -0.39 is 0 Å². The van der Waals surface area contributed by atoms with Gasteiger partial charge in [0.1, 0.15) is 5.58 Å². The molecule has 0 fully saturated rings. The summed E-state index contributed by atoms with van der Waals surface area (Å²) in [5, 5.41) is 1.74. The molecular weight excluding hydrogens is 370 g/mol. The van der Waals surface area contributed by atoms with Crippen molar-refractivity contribution in [2.75, 3.05) is 0 Å². The third kappa shape index (κ3) is 2.93. The van der Waals surface area contributed by atoms with Gasteiger partial charge in [0.05, 0.1) is 30.4 Å². The predicted octanol–water partition coefficient (Wildman–Crippen LogP) is 6.85. The van der Waals surface area contributed by atoms with Crippen LogP contribution < -0.4 is 0 Å². The van der Waals surface area contributed by atoms with Gasteiger partial charge in [0.2, 0.25) is 0 Å². The number of hydrogen-bond donors (Lipinski definition) is 0. The lowest BCUT2D eigenvalue weighted by atomic mass is 9.91. The molecule has 0 amide bonds. The van der Waals surface area contributed by atoms with Gasteiger partial charge in [0.15, 0.2) is 0 Å². The zero-order chi connectivity index (χ0) is 19.1. The molecule has 0 N–H and O–H groups in total. The molecule has 4 heteroatoms. The van der Waals surface area contributed by atoms with Crippen LogP contribution in [-0.2, 0) is 11.3 Å². The highest BCUT2D eigenvalue weighted by Crippen LogP contribution is 2.39. The normalized spacial score (nSPS) is 16.5. The summed E-state index contributed by atoms with van der Waals surface area (Å²) in [5.41, 5.74) is 7.04. The number of benzene rings is 3. The Bertz CT molecular complexity index is 1180. The molecule has 0 saturated heterocycles. The highest BCUT2D eigenvalue weighted by Gasteiger charge is 2.28. The number of rotatable bonds is 3. The minimum Gasteiger partial charge on any atom is -0.464 e. The third-order valence-corrected chi connectivity index (χ3v) is 5.42. The van der Waals surface area contributed by atoms with Crippen LogP contribution in [0.25, 0.3) is 11.0 Å². The van der Waals surface area contributed by atoms with Gasteiger partial charge < -0.3 is 9.15 Å². The van der Waals surface area contributed by atoms with Crippen LogP contribution in [0.2, 0.25) is 5.02 Å². The molecule has 28 heavy (non-hydrogen) atoms. The first-order chi connectivity index (χ1) is 13.7. The molecular formula is C24H18ClNO2. The Morgan fingerprint density at radius 2 is 1.82 bits per heavy atom. The molecule has 5 rings (SSSR count). The summed E-state index contributed by atoms with van der Waals surface area (Å²) < 4.78 is 11.7. The van der Waals surface area contributed by atoms with Gasteiger partial charge in [-0.15, -0.1) is 0 Å². The zero-order valence-corrected chi connectivity index (χ0v) is 16.1. The second kappa shape index (κ2) is 6.93. The monoisotopic (exact) mass is 387 g/mol. The molecule has 0 bridgehead atoms. The van der Waals surface area contributed by atoms with Gasteiger partial charge in [-0.1, -0.05) is 41.9 Å². The number of hydrogen-bond acceptors (Lipinski definition) is 3. The van der Waals surface area contributed by atoms with E-state index in [0.717, 1.165) is 39.1 Å². The van der Waals surface area contributed by atoms with Gasteiger partial charge >= 0.3 is 0 Å². The topological polar surface area (TPSA) is 34.7 Å². The first kappa shape index (κ1) is 17.2. The van der Waals surface area contributed by atoms with E-state index in [1.807, 2.05) is 60.7 Å². The molecule has 0 radical (unpaired) electrons. The Labute approximate surface area is 168 Å². The molecule has 0 spiro atoms. The smallest absolute Gasteiger partial charge is 0.134 e. The molecule has 1 aliphatic heterocycles. The highest BCUT2D eigenvalue weighted by atomic mass is 35.5. The molecule has 3 nitrogen and oxygen atoms in total. The van der Waals surface area contributed by atoms with E-state index in [-0.39, 0.29) is 6.10 Å². The Hall–Kier alpha value is -2.88. The fraction of sp³-hybridized carbons (Fsp3) is 0.125. The van der Waals surface area contributed by atoms with E-state index in [0.29, 0.717) is 11.6 Å². The maximum Gasteiger partial charge on any atom is 0.134 e. The van der Waals surface area contributed by atoms with Crippen LogP contribution in [0, 0.1) is 0 Å². The average Bonchev–Trinajstić information content (AvgIpc) is 3.33. The van der Waals surface area contributed by atoms with Crippen molar-refractivity contribution in [2.45, 2.75) is 19.6 Å². The first-order valence-corrected chi connectivity index (χ1v) is 9.63. The summed E-state index contributed by atoms with van der Waals surface area (Å²) in [6, 6.07) is 21.9. The minimum absolute atomic E-state index is 0.0337. The zero-order valence-electron chi connectivity index (χ0n) is 15.4. The van der Waals surface area contributed by atoms with Gasteiger partial charge in [-0.05, 0) is 54.4 Å². The molecule has 0 saturated carbocycles. The maximum atomic E-state index is 6.14. The summed E-state index contributed by atoms with van der Waals surface area (Å²) in [6.45, 7) is 2.63. The predicted molar refractivity (Wildman–Crippen MR) is 113 cm³/mol. The largest absolute Gasteiger partial charge is 0.464 e. The van der Waals surface area contributed by atoms with Crippen molar-refractivity contribution < 1.29 is 9.15 Å². The van der Waals surface area contributed by atoms with Crippen LogP contribution in [0.5, 0.6) is 0 Å². The van der Waals surface area contributed by atoms with E-state index in [2.05, 4.69) is 13.0 Å². The SMILES string of the molecule is CC1OCc2c1cc1occc1c2C(=Nc1ccccc1)c1ccc(Cl)cc1. The van der Waals surface area contributed by atoms with Gasteiger partial charge in [0.25, 0.3) is 0 Å². The Kier molecular flexibility index (Phi) is 4.27. The molecule has 1 atom stereocenters. The highest BCUT2D eigenvalue weighted by molar-refractivity contribution is 6.31. The van der Waals surface area contributed by atoms with Crippen molar-refractivity contribution in [1.29, 1.82) is 0 Å². The Balaban J connectivity index is 1.83. The Morgan fingerprint density at radius 1 is 1.04 bits per heavy atom. The quantitative estimate of drug-likeness (QED) is 0.360. The van der Waals surface area contributed by atoms with E-state index in [1.165, 1.54) is 5.56 Å². The van der Waals surface area contributed by atoms with Gasteiger partial charge in [-0.2, -0.15) is 0 Å². The number of furan rings is 1. The fourth-order valence-corrected chi connectivity index (χ4v) is 3.89. The molecule has 1 aromatic heterocycles. The van der Waals surface area contributed by atoms with Crippen LogP contribution in [-0.4, -0.2) is 5.71 Å². The van der Waals surface area contributed by atoms with Crippen molar-refractivity contribution >= 4 is 34.0 Å². The van der Waals surface area contributed by atoms with Crippen LogP contribution >= 0.6 is 11.6 Å². The van der Waals surface area contributed by atoms with Gasteiger partial charge in [0, 0.05) is 21.5 Å². The van der Waals surface area contributed by atoms with Crippen LogP contribution in [0.1, 0.15) is 35.3 Å². The van der Waals surface area contributed by atoms with E-state index in [9.17, 15) is 0 Å². The van der Waals surface area contributed by atoms with Gasteiger partial charge in [-0.25, -0.2) is 4.99 Å². The standard InChI is InChI=1S/C24H18ClNO2/c1-15-20-13-22-19(11-12-27-22)23(21(20)14-28-15)24(16-7-9-17(25)10-8-16)26-18-5-3-2-4-6-18/h2-13,15H,14H2,1H3. The summed E-state index contributed by atoms with van der Waals surface area (Å²) in [5.74, 6) is 0. The summed E-state index contributed by atoms with van der Waals surface area (Å²) >= 11 is 6.14. The average molecular weight is 388 g/mol. The summed E-state index contributed by atoms with van der Waals surface area (Å²) in [4.78, 5) is 5.04. The van der Waals surface area contributed by atoms with Gasteiger partial charge in [-0.3, -0.25) is 0 Å². The molecule has 4 aromatic rings. The summed E-state index contributed by atoms with van der Waals surface area (Å²) in [7, 11) is 0. The lowest BCUT2D eigenvalue weighted by Crippen LogP contribution is -2.08. The third-order valence-electron chi connectivity index (χ3n) is 5.17. The molecule has 138 valence electrons. The Morgan fingerprint density at radius 3 is 2.61 bits per heavy atom. The number of halogens is 1. The fourth-order valence-electron chi connectivity index (χ4n) is 3.77. The molecule has 0 aliphatic carbocycles. The van der Waals surface area contributed by atoms with Crippen LogP contribution in [0.15, 0.2) is 82.4 Å². The van der Waals surface area contributed by atoms with Crippen molar-refractivity contribution in [2.24, 2.45) is 4.99 Å². The lowest BCUT2D eigenvalue weighted by Gasteiger charge is -2.14. The van der Waals surface area contributed by atoms with Crippen molar-refractivity contribution in [3.8, 4) is 0 Å². The van der Waals surface area contributed by atoms with Crippen molar-refractivity contribution in [3.05, 3.63) is 100 Å². The van der Waals surface area contributed by atoms with Crippen LogP contribution in [0.4, 0.5) is 5.69 Å². The first-order valence-electron chi connectivity index (χ1n) is 9.25. The number of fused-ring (bicyclic) bond motifs is 2. The molecule has 3 aromatic carbocycles. The molecule has 1 aliphatic rings. The number of ether oxygens (including phenoxy) is 1. The number of aliphatic imine (C=N–C) groups is 1. The van der Waals surface area contributed by atoms with E-state index >= 15 is 0 Å². The molecule has 2 heterocycles. The molecule has 1 unspecified atom stereocenters. The number of para-hydroxylation sites is 1. The minimum atomic E-state index is 0.0337. The lowest BCUT2D eigenvalue weighted by molar-refractivity contribution is 0.0796. The van der Waals surface area contributed by atoms with E-state index in [4.69, 9.17) is 25.7 Å². The second-order valence-electron chi connectivity index (χ2n) is 6.91.